The zero-order valence-corrected chi connectivity index (χ0v) is 17.1. The molecule has 1 aliphatic rings. The van der Waals surface area contributed by atoms with E-state index in [4.69, 9.17) is 5.73 Å². The Balaban J connectivity index is 1.56. The number of imidazole rings is 1. The molecule has 6 heteroatoms. The first-order valence-corrected chi connectivity index (χ1v) is 10.3. The smallest absolute Gasteiger partial charge is 0.329 e. The third-order valence-electron chi connectivity index (χ3n) is 5.87. The third-order valence-corrected chi connectivity index (χ3v) is 5.87. The first-order chi connectivity index (χ1) is 14.5. The van der Waals surface area contributed by atoms with E-state index in [1.54, 1.807) is 29.2 Å². The maximum Gasteiger partial charge on any atom is 0.329 e. The Labute approximate surface area is 176 Å². The van der Waals surface area contributed by atoms with Crippen molar-refractivity contribution in [2.45, 2.75) is 38.1 Å². The number of nitrogens with two attached hydrogens (primary N) is 1. The molecule has 0 unspecified atom stereocenters. The van der Waals surface area contributed by atoms with Gasteiger partial charge in [0, 0.05) is 30.4 Å². The molecular weight excluding hydrogens is 376 g/mol. The summed E-state index contributed by atoms with van der Waals surface area (Å²) in [4.78, 5) is 30.7. The molecule has 0 spiro atoms. The van der Waals surface area contributed by atoms with Crippen molar-refractivity contribution in [3.05, 3.63) is 66.6 Å². The van der Waals surface area contributed by atoms with Gasteiger partial charge in [-0.25, -0.2) is 9.78 Å². The van der Waals surface area contributed by atoms with Gasteiger partial charge in [-0.2, -0.15) is 0 Å². The fourth-order valence-corrected chi connectivity index (χ4v) is 4.09. The van der Waals surface area contributed by atoms with Crippen LogP contribution in [0.15, 0.2) is 61.1 Å². The van der Waals surface area contributed by atoms with E-state index in [1.165, 1.54) is 19.3 Å². The monoisotopic (exact) mass is 402 g/mol. The normalized spacial score (nSPS) is 14.4. The highest BCUT2D eigenvalue weighted by Gasteiger charge is 2.23. The van der Waals surface area contributed by atoms with Crippen LogP contribution in [0.4, 0.5) is 4.79 Å². The van der Waals surface area contributed by atoms with Gasteiger partial charge in [0.05, 0.1) is 5.69 Å². The first kappa shape index (κ1) is 19.9. The quantitative estimate of drug-likeness (QED) is 0.695. The second-order valence-corrected chi connectivity index (χ2v) is 7.88. The lowest BCUT2D eigenvalue weighted by Gasteiger charge is -2.31. The summed E-state index contributed by atoms with van der Waals surface area (Å²) in [6, 6.07) is 15.4. The zero-order chi connectivity index (χ0) is 21.1. The van der Waals surface area contributed by atoms with Gasteiger partial charge >= 0.3 is 6.03 Å². The highest BCUT2D eigenvalue weighted by atomic mass is 16.2. The van der Waals surface area contributed by atoms with Crippen LogP contribution in [0, 0.1) is 0 Å². The van der Waals surface area contributed by atoms with E-state index in [2.05, 4.69) is 4.98 Å². The van der Waals surface area contributed by atoms with E-state index in [0.29, 0.717) is 11.6 Å². The Kier molecular flexibility index (Phi) is 5.65. The number of aromatic nitrogens is 2. The molecule has 0 bridgehead atoms. The molecule has 3 aromatic rings. The van der Waals surface area contributed by atoms with Crippen molar-refractivity contribution in [1.29, 1.82) is 0 Å². The molecule has 1 aliphatic carbocycles. The lowest BCUT2D eigenvalue weighted by atomic mass is 9.95. The summed E-state index contributed by atoms with van der Waals surface area (Å²) in [6.07, 6.45) is 9.11. The number of hydrogen-bond donors (Lipinski definition) is 1. The van der Waals surface area contributed by atoms with Gasteiger partial charge in [-0.3, -0.25) is 9.36 Å². The molecule has 4 rings (SSSR count). The van der Waals surface area contributed by atoms with E-state index >= 15 is 0 Å². The van der Waals surface area contributed by atoms with E-state index in [-0.39, 0.29) is 6.03 Å². The molecule has 6 nitrogen and oxygen atoms in total. The Morgan fingerprint density at radius 3 is 2.40 bits per heavy atom. The highest BCUT2D eigenvalue weighted by molar-refractivity contribution is 5.94. The van der Waals surface area contributed by atoms with Crippen LogP contribution >= 0.6 is 0 Å². The number of nitrogens with zero attached hydrogens (tertiary/aromatic N) is 3. The maximum absolute atomic E-state index is 12.9. The number of rotatable bonds is 4. The van der Waals surface area contributed by atoms with Crippen LogP contribution in [0.3, 0.4) is 0 Å². The second kappa shape index (κ2) is 8.53. The average molecular weight is 402 g/mol. The summed E-state index contributed by atoms with van der Waals surface area (Å²) < 4.78 is 1.56. The Hall–Kier alpha value is -3.41. The predicted octanol–water partition coefficient (Wildman–Crippen LogP) is 4.55. The van der Waals surface area contributed by atoms with Crippen LogP contribution < -0.4 is 5.73 Å². The molecule has 2 amide bonds. The van der Waals surface area contributed by atoms with E-state index in [1.807, 2.05) is 48.3 Å². The zero-order valence-electron chi connectivity index (χ0n) is 17.1. The molecule has 1 aromatic heterocycles. The van der Waals surface area contributed by atoms with Crippen molar-refractivity contribution in [3.63, 3.8) is 0 Å². The van der Waals surface area contributed by atoms with Gasteiger partial charge in [0.15, 0.2) is 0 Å². The number of amides is 2. The standard InChI is InChI=1S/C24H26N4O2/c1-27(21-11-3-2-4-12-21)24(30)28-15-22(26-16-28)19-9-5-7-17(13-19)18-8-6-10-20(14-18)23(25)29/h5-10,13-16,21H,2-4,11-12H2,1H3,(H2,25,29). The molecule has 30 heavy (non-hydrogen) atoms. The van der Waals surface area contributed by atoms with Gasteiger partial charge in [-0.05, 0) is 42.2 Å². The summed E-state index contributed by atoms with van der Waals surface area (Å²) in [5, 5.41) is 0. The first-order valence-electron chi connectivity index (χ1n) is 10.3. The third kappa shape index (κ3) is 4.13. The largest absolute Gasteiger partial charge is 0.366 e. The van der Waals surface area contributed by atoms with E-state index in [0.717, 1.165) is 35.2 Å². The predicted molar refractivity (Wildman–Crippen MR) is 117 cm³/mol. The number of primary amides is 1. The molecular formula is C24H26N4O2. The molecule has 1 fully saturated rings. The minimum atomic E-state index is -0.452. The topological polar surface area (TPSA) is 81.2 Å². The van der Waals surface area contributed by atoms with Crippen LogP contribution in [0.1, 0.15) is 42.5 Å². The maximum atomic E-state index is 12.9. The number of carbonyl (C=O) groups is 2. The molecule has 0 radical (unpaired) electrons. The molecule has 0 saturated heterocycles. The summed E-state index contributed by atoms with van der Waals surface area (Å²) in [6.45, 7) is 0. The highest BCUT2D eigenvalue weighted by Crippen LogP contribution is 2.27. The van der Waals surface area contributed by atoms with Gasteiger partial charge < -0.3 is 10.6 Å². The van der Waals surface area contributed by atoms with Gasteiger partial charge in [-0.1, -0.05) is 49.6 Å². The Morgan fingerprint density at radius 2 is 1.67 bits per heavy atom. The van der Waals surface area contributed by atoms with Crippen LogP contribution in [0.2, 0.25) is 0 Å². The van der Waals surface area contributed by atoms with Gasteiger partial charge in [-0.15, -0.1) is 0 Å². The van der Waals surface area contributed by atoms with E-state index in [9.17, 15) is 9.59 Å². The second-order valence-electron chi connectivity index (χ2n) is 7.88. The number of benzene rings is 2. The van der Waals surface area contributed by atoms with Crippen molar-refractivity contribution in [2.24, 2.45) is 5.73 Å². The summed E-state index contributed by atoms with van der Waals surface area (Å²) in [7, 11) is 1.88. The molecule has 0 atom stereocenters. The van der Waals surface area contributed by atoms with Crippen LogP contribution in [-0.4, -0.2) is 39.5 Å². The molecule has 1 saturated carbocycles. The van der Waals surface area contributed by atoms with Crippen molar-refractivity contribution in [3.8, 4) is 22.4 Å². The summed E-state index contributed by atoms with van der Waals surface area (Å²) >= 11 is 0. The fraction of sp³-hybridized carbons (Fsp3) is 0.292. The van der Waals surface area contributed by atoms with E-state index < -0.39 is 5.91 Å². The summed E-state index contributed by atoms with van der Waals surface area (Å²) in [5.41, 5.74) is 9.37. The van der Waals surface area contributed by atoms with Crippen molar-refractivity contribution in [1.82, 2.24) is 14.5 Å². The fourth-order valence-electron chi connectivity index (χ4n) is 4.09. The number of hydrogen-bond acceptors (Lipinski definition) is 3. The average Bonchev–Trinajstić information content (AvgIpc) is 3.29. The molecule has 0 aliphatic heterocycles. The van der Waals surface area contributed by atoms with Crippen LogP contribution in [0.5, 0.6) is 0 Å². The lowest BCUT2D eigenvalue weighted by Crippen LogP contribution is -2.40. The van der Waals surface area contributed by atoms with Crippen LogP contribution in [-0.2, 0) is 0 Å². The Morgan fingerprint density at radius 1 is 1.00 bits per heavy atom. The summed E-state index contributed by atoms with van der Waals surface area (Å²) in [5.74, 6) is -0.452. The van der Waals surface area contributed by atoms with Gasteiger partial charge in [0.25, 0.3) is 0 Å². The molecule has 2 aromatic carbocycles. The number of carbonyl (C=O) groups excluding carboxylic acids is 2. The SMILES string of the molecule is CN(C(=O)n1cnc(-c2cccc(-c3cccc(C(N)=O)c3)c2)c1)C1CCCCC1. The van der Waals surface area contributed by atoms with Gasteiger partial charge in [0.2, 0.25) is 5.91 Å². The Bertz CT molecular complexity index is 1070. The van der Waals surface area contributed by atoms with Gasteiger partial charge in [0.1, 0.15) is 6.33 Å². The molecule has 154 valence electrons. The minimum absolute atomic E-state index is 0.0500. The van der Waals surface area contributed by atoms with Crippen molar-refractivity contribution in [2.75, 3.05) is 7.05 Å². The molecule has 2 N–H and O–H groups in total. The van der Waals surface area contributed by atoms with Crippen LogP contribution in [0.25, 0.3) is 22.4 Å². The molecule has 1 heterocycles. The minimum Gasteiger partial charge on any atom is -0.366 e. The van der Waals surface area contributed by atoms with Crippen molar-refractivity contribution < 1.29 is 9.59 Å². The van der Waals surface area contributed by atoms with Crippen molar-refractivity contribution >= 4 is 11.9 Å². The lowest BCUT2D eigenvalue weighted by molar-refractivity contribution is 0.1000.